The molecule has 0 aromatic carbocycles. The number of hydrogen-bond acceptors (Lipinski definition) is 5. The summed E-state index contributed by atoms with van der Waals surface area (Å²) < 4.78 is 30.5. The number of nitrogens with zero attached hydrogens (tertiary/aromatic N) is 3. The van der Waals surface area contributed by atoms with Crippen LogP contribution in [-0.4, -0.2) is 47.1 Å². The lowest BCUT2D eigenvalue weighted by molar-refractivity contribution is 0.0215. The van der Waals surface area contributed by atoms with Crippen molar-refractivity contribution in [3.05, 3.63) is 18.6 Å². The van der Waals surface area contributed by atoms with Gasteiger partial charge in [-0.2, -0.15) is 0 Å². The first-order valence-corrected chi connectivity index (χ1v) is 6.38. The normalized spacial score (nSPS) is 11.2. The molecule has 0 spiro atoms. The zero-order valence-corrected chi connectivity index (χ0v) is 11.1. The zero-order chi connectivity index (χ0) is 14.4. The van der Waals surface area contributed by atoms with E-state index in [0.717, 1.165) is 6.54 Å². The summed E-state index contributed by atoms with van der Waals surface area (Å²) in [7, 11) is 0. The van der Waals surface area contributed by atoms with Crippen molar-refractivity contribution >= 4 is 17.3 Å². The van der Waals surface area contributed by atoms with E-state index >= 15 is 0 Å². The van der Waals surface area contributed by atoms with E-state index in [4.69, 9.17) is 4.74 Å². The minimum absolute atomic E-state index is 0.185. The van der Waals surface area contributed by atoms with Gasteiger partial charge >= 0.3 is 0 Å². The largest absolute Gasteiger partial charge is 0.374 e. The Hall–Kier alpha value is -1.96. The summed E-state index contributed by atoms with van der Waals surface area (Å²) in [5.74, 6) is 1.31. The predicted molar refractivity (Wildman–Crippen MR) is 72.5 cm³/mol. The fourth-order valence-electron chi connectivity index (χ4n) is 1.73. The highest BCUT2D eigenvalue weighted by Gasteiger charge is 2.07. The Balaban J connectivity index is 1.98. The lowest BCUT2D eigenvalue weighted by Gasteiger charge is -2.10. The average molecular weight is 285 g/mol. The number of hydrogen-bond donors (Lipinski definition) is 2. The Morgan fingerprint density at radius 1 is 1.40 bits per heavy atom. The quantitative estimate of drug-likeness (QED) is 0.725. The Bertz CT molecular complexity index is 546. The summed E-state index contributed by atoms with van der Waals surface area (Å²) in [6, 6.07) is 0. The van der Waals surface area contributed by atoms with Gasteiger partial charge in [-0.25, -0.2) is 18.7 Å². The van der Waals surface area contributed by atoms with E-state index in [2.05, 4.69) is 20.6 Å². The zero-order valence-electron chi connectivity index (χ0n) is 11.1. The number of fused-ring (bicyclic) bond motifs is 1. The van der Waals surface area contributed by atoms with Gasteiger partial charge in [0.05, 0.1) is 12.8 Å². The van der Waals surface area contributed by atoms with Crippen molar-refractivity contribution in [1.82, 2.24) is 14.4 Å². The molecule has 0 bridgehead atoms. The summed E-state index contributed by atoms with van der Waals surface area (Å²) >= 11 is 0. The first kappa shape index (κ1) is 14.4. The maximum atomic E-state index is 11.9. The van der Waals surface area contributed by atoms with Crippen LogP contribution >= 0.6 is 0 Å². The molecule has 2 N–H and O–H groups in total. The standard InChI is InChI=1S/C12H17F2N5O/c1-2-15-10-7-19-5-3-17-12(19)11(18-10)16-4-6-20-8-9(13)14/h3,5,7,9,15H,2,4,6,8H2,1H3,(H,16,18). The van der Waals surface area contributed by atoms with E-state index in [0.29, 0.717) is 23.8 Å². The van der Waals surface area contributed by atoms with Gasteiger partial charge in [0, 0.05) is 25.5 Å². The van der Waals surface area contributed by atoms with Gasteiger partial charge in [0.15, 0.2) is 11.5 Å². The fourth-order valence-corrected chi connectivity index (χ4v) is 1.73. The van der Waals surface area contributed by atoms with E-state index in [1.807, 2.05) is 23.7 Å². The third kappa shape index (κ3) is 3.77. The number of halogens is 2. The maximum Gasteiger partial charge on any atom is 0.261 e. The van der Waals surface area contributed by atoms with Crippen molar-refractivity contribution in [1.29, 1.82) is 0 Å². The van der Waals surface area contributed by atoms with Crippen molar-refractivity contribution in [3.63, 3.8) is 0 Å². The molecule has 2 aromatic heterocycles. The van der Waals surface area contributed by atoms with Crippen molar-refractivity contribution in [2.24, 2.45) is 0 Å². The van der Waals surface area contributed by atoms with Gasteiger partial charge in [0.25, 0.3) is 6.43 Å². The molecule has 20 heavy (non-hydrogen) atoms. The van der Waals surface area contributed by atoms with E-state index in [1.165, 1.54) is 0 Å². The molecule has 0 aliphatic rings. The van der Waals surface area contributed by atoms with Crippen LogP contribution in [0.5, 0.6) is 0 Å². The molecule has 2 heterocycles. The maximum absolute atomic E-state index is 11.9. The first-order valence-electron chi connectivity index (χ1n) is 6.38. The summed E-state index contributed by atoms with van der Waals surface area (Å²) in [5, 5.41) is 6.16. The van der Waals surface area contributed by atoms with Gasteiger partial charge in [0.2, 0.25) is 0 Å². The lowest BCUT2D eigenvalue weighted by atomic mass is 10.5. The van der Waals surface area contributed by atoms with Gasteiger partial charge in [-0.3, -0.25) is 0 Å². The Morgan fingerprint density at radius 2 is 2.25 bits per heavy atom. The smallest absolute Gasteiger partial charge is 0.261 e. The van der Waals surface area contributed by atoms with E-state index in [1.54, 1.807) is 6.20 Å². The van der Waals surface area contributed by atoms with Crippen LogP contribution in [0.1, 0.15) is 6.92 Å². The molecule has 8 heteroatoms. The number of alkyl halides is 2. The van der Waals surface area contributed by atoms with Gasteiger partial charge in [-0.1, -0.05) is 0 Å². The van der Waals surface area contributed by atoms with Crippen LogP contribution in [0.15, 0.2) is 18.6 Å². The number of nitrogens with one attached hydrogen (secondary N) is 2. The first-order chi connectivity index (χ1) is 9.70. The molecule has 2 rings (SSSR count). The molecule has 0 saturated heterocycles. The molecule has 0 aliphatic heterocycles. The van der Waals surface area contributed by atoms with Gasteiger partial charge in [-0.05, 0) is 6.92 Å². The molecular formula is C12H17F2N5O. The SMILES string of the molecule is CCNc1cn2ccnc2c(NCCOCC(F)F)n1. The highest BCUT2D eigenvalue weighted by molar-refractivity contribution is 5.65. The summed E-state index contributed by atoms with van der Waals surface area (Å²) in [5.41, 5.74) is 0.681. The lowest BCUT2D eigenvalue weighted by Crippen LogP contribution is -2.15. The number of aromatic nitrogens is 3. The minimum Gasteiger partial charge on any atom is -0.374 e. The molecule has 0 fully saturated rings. The van der Waals surface area contributed by atoms with Crippen LogP contribution in [0.3, 0.4) is 0 Å². The molecule has 6 nitrogen and oxygen atoms in total. The highest BCUT2D eigenvalue weighted by atomic mass is 19.3. The molecule has 2 aromatic rings. The third-order valence-electron chi connectivity index (χ3n) is 2.51. The number of rotatable bonds is 8. The van der Waals surface area contributed by atoms with Gasteiger partial charge in [0.1, 0.15) is 12.4 Å². The number of imidazole rings is 1. The number of ether oxygens (including phenoxy) is 1. The van der Waals surface area contributed by atoms with Gasteiger partial charge < -0.3 is 19.8 Å². The molecule has 110 valence electrons. The van der Waals surface area contributed by atoms with Crippen molar-refractivity contribution < 1.29 is 13.5 Å². The van der Waals surface area contributed by atoms with Crippen LogP contribution in [0, 0.1) is 0 Å². The average Bonchev–Trinajstić information content (AvgIpc) is 2.86. The molecule has 0 saturated carbocycles. The Morgan fingerprint density at radius 3 is 3.00 bits per heavy atom. The van der Waals surface area contributed by atoms with Gasteiger partial charge in [-0.15, -0.1) is 0 Å². The molecule has 0 aliphatic carbocycles. The predicted octanol–water partition coefficient (Wildman–Crippen LogP) is 1.85. The van der Waals surface area contributed by atoms with Crippen molar-refractivity contribution in [2.75, 3.05) is 36.9 Å². The Labute approximate surface area is 115 Å². The monoisotopic (exact) mass is 285 g/mol. The second-order valence-electron chi connectivity index (χ2n) is 4.06. The van der Waals surface area contributed by atoms with Crippen molar-refractivity contribution in [3.8, 4) is 0 Å². The van der Waals surface area contributed by atoms with Crippen LogP contribution in [0.4, 0.5) is 20.4 Å². The number of anilines is 2. The molecular weight excluding hydrogens is 268 g/mol. The molecule has 0 atom stereocenters. The highest BCUT2D eigenvalue weighted by Crippen LogP contribution is 2.15. The second kappa shape index (κ2) is 6.99. The van der Waals surface area contributed by atoms with E-state index in [-0.39, 0.29) is 6.61 Å². The topological polar surface area (TPSA) is 63.5 Å². The minimum atomic E-state index is -2.44. The van der Waals surface area contributed by atoms with Crippen LogP contribution in [-0.2, 0) is 4.74 Å². The molecule has 0 unspecified atom stereocenters. The fraction of sp³-hybridized carbons (Fsp3) is 0.500. The van der Waals surface area contributed by atoms with Crippen molar-refractivity contribution in [2.45, 2.75) is 13.3 Å². The Kier molecular flexibility index (Phi) is 5.05. The molecule has 0 radical (unpaired) electrons. The van der Waals surface area contributed by atoms with E-state index < -0.39 is 13.0 Å². The molecule has 0 amide bonds. The summed E-state index contributed by atoms with van der Waals surface area (Å²) in [4.78, 5) is 8.58. The second-order valence-corrected chi connectivity index (χ2v) is 4.06. The van der Waals surface area contributed by atoms with Crippen LogP contribution in [0.25, 0.3) is 5.65 Å². The summed E-state index contributed by atoms with van der Waals surface area (Å²) in [6.45, 7) is 2.75. The third-order valence-corrected chi connectivity index (χ3v) is 2.51. The van der Waals surface area contributed by atoms with Crippen LogP contribution in [0.2, 0.25) is 0 Å². The van der Waals surface area contributed by atoms with Crippen LogP contribution < -0.4 is 10.6 Å². The van der Waals surface area contributed by atoms with E-state index in [9.17, 15) is 8.78 Å². The summed E-state index contributed by atoms with van der Waals surface area (Å²) in [6.07, 6.45) is 2.88.